The van der Waals surface area contributed by atoms with E-state index in [1.165, 1.54) is 0 Å². The lowest BCUT2D eigenvalue weighted by Gasteiger charge is -2.06. The molecule has 4 nitrogen and oxygen atoms in total. The molecular formula is C13H16N2O2. The van der Waals surface area contributed by atoms with Gasteiger partial charge in [0.15, 0.2) is 0 Å². The van der Waals surface area contributed by atoms with E-state index in [2.05, 4.69) is 4.98 Å². The predicted molar refractivity (Wildman–Crippen MR) is 65.4 cm³/mol. The Bertz CT molecular complexity index is 570. The van der Waals surface area contributed by atoms with Crippen LogP contribution in [-0.4, -0.2) is 20.5 Å². The Morgan fingerprint density at radius 1 is 1.47 bits per heavy atom. The molecule has 0 spiro atoms. The van der Waals surface area contributed by atoms with Gasteiger partial charge in [-0.15, -0.1) is 0 Å². The third kappa shape index (κ3) is 2.02. The van der Waals surface area contributed by atoms with Crippen LogP contribution in [0.4, 0.5) is 0 Å². The lowest BCUT2D eigenvalue weighted by molar-refractivity contribution is -0.136. The first kappa shape index (κ1) is 11.6. The van der Waals surface area contributed by atoms with Gasteiger partial charge in [0.2, 0.25) is 0 Å². The van der Waals surface area contributed by atoms with Crippen molar-refractivity contribution >= 4 is 11.6 Å². The fraction of sp³-hybridized carbons (Fsp3) is 0.385. The van der Waals surface area contributed by atoms with Gasteiger partial charge in [0.1, 0.15) is 5.65 Å². The van der Waals surface area contributed by atoms with Crippen LogP contribution in [0.5, 0.6) is 0 Å². The van der Waals surface area contributed by atoms with Gasteiger partial charge in [-0.3, -0.25) is 4.79 Å². The van der Waals surface area contributed by atoms with Crippen LogP contribution in [0.3, 0.4) is 0 Å². The highest BCUT2D eigenvalue weighted by Crippen LogP contribution is 2.22. The number of hydrogen-bond acceptors (Lipinski definition) is 2. The van der Waals surface area contributed by atoms with Crippen LogP contribution in [0.15, 0.2) is 18.2 Å². The quantitative estimate of drug-likeness (QED) is 0.884. The van der Waals surface area contributed by atoms with Gasteiger partial charge in [0.05, 0.1) is 17.8 Å². The number of hydrogen-bond donors (Lipinski definition) is 1. The summed E-state index contributed by atoms with van der Waals surface area (Å²) in [7, 11) is 0. The van der Waals surface area contributed by atoms with Crippen LogP contribution >= 0.6 is 0 Å². The summed E-state index contributed by atoms with van der Waals surface area (Å²) < 4.78 is 1.93. The summed E-state index contributed by atoms with van der Waals surface area (Å²) in [5.41, 5.74) is 3.51. The molecule has 2 heterocycles. The number of aromatic nitrogens is 2. The SMILES string of the molecule is Cc1cccc2nc(C(C)C)c(CC(=O)O)n12. The predicted octanol–water partition coefficient (Wildman–Crippen LogP) is 2.39. The van der Waals surface area contributed by atoms with E-state index >= 15 is 0 Å². The number of pyridine rings is 1. The Labute approximate surface area is 99.9 Å². The molecule has 2 rings (SSSR count). The Morgan fingerprint density at radius 2 is 2.18 bits per heavy atom. The number of aliphatic carboxylic acids is 1. The van der Waals surface area contributed by atoms with E-state index in [0.29, 0.717) is 0 Å². The number of rotatable bonds is 3. The average Bonchev–Trinajstić information content (AvgIpc) is 2.57. The molecule has 4 heteroatoms. The van der Waals surface area contributed by atoms with Crippen molar-refractivity contribution in [3.05, 3.63) is 35.3 Å². The van der Waals surface area contributed by atoms with E-state index in [-0.39, 0.29) is 12.3 Å². The summed E-state index contributed by atoms with van der Waals surface area (Å²) in [5, 5.41) is 9.00. The summed E-state index contributed by atoms with van der Waals surface area (Å²) in [4.78, 5) is 15.5. The normalized spacial score (nSPS) is 11.3. The highest BCUT2D eigenvalue weighted by molar-refractivity contribution is 5.70. The topological polar surface area (TPSA) is 54.6 Å². The molecule has 0 aliphatic heterocycles. The summed E-state index contributed by atoms with van der Waals surface area (Å²) >= 11 is 0. The van der Waals surface area contributed by atoms with Crippen molar-refractivity contribution in [2.24, 2.45) is 0 Å². The zero-order valence-electron chi connectivity index (χ0n) is 10.3. The summed E-state index contributed by atoms with van der Waals surface area (Å²) in [5.74, 6) is -0.597. The summed E-state index contributed by atoms with van der Waals surface area (Å²) in [6.07, 6.45) is 0.0134. The van der Waals surface area contributed by atoms with Crippen LogP contribution in [-0.2, 0) is 11.2 Å². The molecule has 0 saturated heterocycles. The van der Waals surface area contributed by atoms with E-state index in [0.717, 1.165) is 22.7 Å². The van der Waals surface area contributed by atoms with E-state index < -0.39 is 5.97 Å². The second-order valence-corrected chi connectivity index (χ2v) is 4.53. The third-order valence-corrected chi connectivity index (χ3v) is 2.83. The maximum absolute atomic E-state index is 11.0. The molecule has 0 bridgehead atoms. The first-order valence-corrected chi connectivity index (χ1v) is 5.69. The van der Waals surface area contributed by atoms with Gasteiger partial charge in [0.25, 0.3) is 0 Å². The van der Waals surface area contributed by atoms with Crippen molar-refractivity contribution in [1.82, 2.24) is 9.38 Å². The van der Waals surface area contributed by atoms with Crippen molar-refractivity contribution in [3.63, 3.8) is 0 Å². The summed E-state index contributed by atoms with van der Waals surface area (Å²) in [6, 6.07) is 5.81. The molecule has 17 heavy (non-hydrogen) atoms. The van der Waals surface area contributed by atoms with Gasteiger partial charge >= 0.3 is 5.97 Å². The number of fused-ring (bicyclic) bond motifs is 1. The fourth-order valence-corrected chi connectivity index (χ4v) is 2.12. The molecular weight excluding hydrogens is 216 g/mol. The fourth-order valence-electron chi connectivity index (χ4n) is 2.12. The highest BCUT2D eigenvalue weighted by Gasteiger charge is 2.18. The number of imidazole rings is 1. The number of carboxylic acids is 1. The van der Waals surface area contributed by atoms with Gasteiger partial charge in [-0.2, -0.15) is 0 Å². The summed E-state index contributed by atoms with van der Waals surface area (Å²) in [6.45, 7) is 6.02. The molecule has 0 aliphatic carbocycles. The molecule has 2 aromatic heterocycles. The van der Waals surface area contributed by atoms with Gasteiger partial charge in [-0.05, 0) is 25.0 Å². The molecule has 1 N–H and O–H groups in total. The zero-order chi connectivity index (χ0) is 12.6. The van der Waals surface area contributed by atoms with Crippen molar-refractivity contribution in [1.29, 1.82) is 0 Å². The smallest absolute Gasteiger partial charge is 0.309 e. The number of nitrogens with zero attached hydrogens (tertiary/aromatic N) is 2. The largest absolute Gasteiger partial charge is 0.481 e. The van der Waals surface area contributed by atoms with E-state index in [4.69, 9.17) is 5.11 Å². The van der Waals surface area contributed by atoms with Crippen LogP contribution < -0.4 is 0 Å². The molecule has 0 unspecified atom stereocenters. The average molecular weight is 232 g/mol. The Balaban J connectivity index is 2.73. The van der Waals surface area contributed by atoms with Crippen molar-refractivity contribution < 1.29 is 9.90 Å². The van der Waals surface area contributed by atoms with Gasteiger partial charge in [-0.1, -0.05) is 19.9 Å². The second kappa shape index (κ2) is 4.20. The minimum absolute atomic E-state index is 0.0134. The Kier molecular flexibility index (Phi) is 2.88. The van der Waals surface area contributed by atoms with Crippen molar-refractivity contribution in [2.75, 3.05) is 0 Å². The highest BCUT2D eigenvalue weighted by atomic mass is 16.4. The van der Waals surface area contributed by atoms with Gasteiger partial charge < -0.3 is 9.51 Å². The monoisotopic (exact) mass is 232 g/mol. The van der Waals surface area contributed by atoms with E-state index in [1.807, 2.05) is 43.4 Å². The molecule has 2 aromatic rings. The number of carboxylic acid groups (broad SMARTS) is 1. The molecule has 90 valence electrons. The first-order valence-electron chi connectivity index (χ1n) is 5.69. The molecule has 0 atom stereocenters. The minimum Gasteiger partial charge on any atom is -0.481 e. The van der Waals surface area contributed by atoms with Crippen LogP contribution in [0.2, 0.25) is 0 Å². The Hall–Kier alpha value is -1.84. The maximum atomic E-state index is 11.0. The maximum Gasteiger partial charge on any atom is 0.309 e. The molecule has 0 amide bonds. The lowest BCUT2D eigenvalue weighted by atomic mass is 10.1. The molecule has 0 aliphatic rings. The van der Waals surface area contributed by atoms with Gasteiger partial charge in [-0.25, -0.2) is 4.98 Å². The van der Waals surface area contributed by atoms with Crippen LogP contribution in [0.25, 0.3) is 5.65 Å². The third-order valence-electron chi connectivity index (χ3n) is 2.83. The number of aryl methyl sites for hydroxylation is 1. The standard InChI is InChI=1S/C13H16N2O2/c1-8(2)13-10(7-12(16)17)15-9(3)5-4-6-11(15)14-13/h4-6,8H,7H2,1-3H3,(H,16,17). The van der Waals surface area contributed by atoms with Crippen LogP contribution in [0, 0.1) is 6.92 Å². The molecule has 0 aromatic carbocycles. The van der Waals surface area contributed by atoms with Crippen molar-refractivity contribution in [2.45, 2.75) is 33.1 Å². The van der Waals surface area contributed by atoms with E-state index in [9.17, 15) is 4.79 Å². The zero-order valence-corrected chi connectivity index (χ0v) is 10.3. The molecule has 0 radical (unpaired) electrons. The minimum atomic E-state index is -0.822. The number of carbonyl (C=O) groups is 1. The molecule has 0 saturated carbocycles. The van der Waals surface area contributed by atoms with Crippen LogP contribution in [0.1, 0.15) is 36.8 Å². The van der Waals surface area contributed by atoms with Crippen molar-refractivity contribution in [3.8, 4) is 0 Å². The molecule has 0 fully saturated rings. The second-order valence-electron chi connectivity index (χ2n) is 4.53. The van der Waals surface area contributed by atoms with E-state index in [1.54, 1.807) is 0 Å². The Morgan fingerprint density at radius 3 is 2.76 bits per heavy atom. The lowest BCUT2D eigenvalue weighted by Crippen LogP contribution is -2.08. The first-order chi connectivity index (χ1) is 8.00. The van der Waals surface area contributed by atoms with Gasteiger partial charge in [0, 0.05) is 5.69 Å².